The normalized spacial score (nSPS) is 14.0. The molecule has 7 nitrogen and oxygen atoms in total. The third-order valence-corrected chi connectivity index (χ3v) is 4.10. The Kier molecular flexibility index (Phi) is 8.82. The third-order valence-electron chi connectivity index (χ3n) is 4.10. The van der Waals surface area contributed by atoms with Gasteiger partial charge in [-0.05, 0) is 13.1 Å². The van der Waals surface area contributed by atoms with Crippen LogP contribution in [0.5, 0.6) is 17.2 Å². The quantitative estimate of drug-likeness (QED) is 0.769. The number of nitrogens with one attached hydrogen (secondary N) is 1. The fourth-order valence-corrected chi connectivity index (χ4v) is 2.88. The number of nitrogens with zero attached hydrogens (tertiary/aromatic N) is 2. The van der Waals surface area contributed by atoms with E-state index in [0.29, 0.717) is 30.3 Å². The van der Waals surface area contributed by atoms with Crippen molar-refractivity contribution in [3.05, 3.63) is 17.7 Å². The minimum absolute atomic E-state index is 0. The van der Waals surface area contributed by atoms with Crippen molar-refractivity contribution >= 4 is 18.3 Å². The van der Waals surface area contributed by atoms with Crippen LogP contribution in [0.15, 0.2) is 12.1 Å². The zero-order chi connectivity index (χ0) is 17.5. The molecule has 2 rings (SSSR count). The average Bonchev–Trinajstić information content (AvgIpc) is 2.61. The van der Waals surface area contributed by atoms with E-state index >= 15 is 0 Å². The fraction of sp³-hybridized carbons (Fsp3) is 0.588. The number of likely N-dealkylation sites (N-methyl/N-ethyl adjacent to an activating group) is 1. The minimum Gasteiger partial charge on any atom is -0.493 e. The van der Waals surface area contributed by atoms with E-state index in [0.717, 1.165) is 31.7 Å². The molecule has 1 aliphatic rings. The van der Waals surface area contributed by atoms with E-state index in [-0.39, 0.29) is 18.3 Å². The van der Waals surface area contributed by atoms with E-state index in [1.807, 2.05) is 29.0 Å². The van der Waals surface area contributed by atoms with E-state index in [4.69, 9.17) is 14.2 Å². The van der Waals surface area contributed by atoms with Crippen LogP contribution in [-0.4, -0.2) is 76.8 Å². The molecule has 0 unspecified atom stereocenters. The van der Waals surface area contributed by atoms with Gasteiger partial charge in [-0.2, -0.15) is 0 Å². The molecule has 0 radical (unpaired) electrons. The van der Waals surface area contributed by atoms with Crippen LogP contribution in [0.2, 0.25) is 0 Å². The third kappa shape index (κ3) is 5.39. The summed E-state index contributed by atoms with van der Waals surface area (Å²) in [6, 6.07) is 3.79. The molecule has 1 amide bonds. The van der Waals surface area contributed by atoms with Crippen molar-refractivity contribution in [1.82, 2.24) is 15.1 Å². The summed E-state index contributed by atoms with van der Waals surface area (Å²) in [5.74, 6) is 1.98. The number of carbonyl (C=O) groups excluding carboxylic acids is 1. The summed E-state index contributed by atoms with van der Waals surface area (Å²) in [5, 5.41) is 3.25. The van der Waals surface area contributed by atoms with E-state index in [1.165, 1.54) is 0 Å². The summed E-state index contributed by atoms with van der Waals surface area (Å²) in [7, 11) is 6.71. The molecule has 0 saturated carbocycles. The molecular weight excluding hydrogens is 346 g/mol. The molecule has 0 spiro atoms. The lowest BCUT2D eigenvalue weighted by Crippen LogP contribution is -2.49. The van der Waals surface area contributed by atoms with Crippen LogP contribution in [-0.2, 0) is 11.3 Å². The molecule has 1 fully saturated rings. The van der Waals surface area contributed by atoms with Gasteiger partial charge in [0.15, 0.2) is 11.5 Å². The number of carbonyl (C=O) groups is 1. The number of halogens is 1. The van der Waals surface area contributed by atoms with Crippen LogP contribution in [0, 0.1) is 0 Å². The van der Waals surface area contributed by atoms with Crippen LogP contribution in [0.1, 0.15) is 5.56 Å². The maximum absolute atomic E-state index is 12.4. The van der Waals surface area contributed by atoms with Gasteiger partial charge >= 0.3 is 0 Å². The van der Waals surface area contributed by atoms with Gasteiger partial charge < -0.3 is 24.4 Å². The molecule has 1 N–H and O–H groups in total. The molecule has 1 saturated heterocycles. The molecule has 1 aromatic rings. The largest absolute Gasteiger partial charge is 0.493 e. The Balaban J connectivity index is 0.00000312. The first-order valence-electron chi connectivity index (χ1n) is 8.05. The Morgan fingerprint density at radius 1 is 1.12 bits per heavy atom. The van der Waals surface area contributed by atoms with Crippen molar-refractivity contribution < 1.29 is 19.0 Å². The lowest BCUT2D eigenvalue weighted by Gasteiger charge is -2.29. The van der Waals surface area contributed by atoms with Gasteiger partial charge in [0.2, 0.25) is 11.7 Å². The van der Waals surface area contributed by atoms with Gasteiger partial charge in [-0.25, -0.2) is 0 Å². The highest BCUT2D eigenvalue weighted by atomic mass is 35.5. The van der Waals surface area contributed by atoms with Crippen molar-refractivity contribution in [2.45, 2.75) is 6.54 Å². The molecule has 142 valence electrons. The van der Waals surface area contributed by atoms with Crippen molar-refractivity contribution in [3.8, 4) is 17.2 Å². The van der Waals surface area contributed by atoms with E-state index in [2.05, 4.69) is 5.32 Å². The predicted molar refractivity (Wildman–Crippen MR) is 99.1 cm³/mol. The van der Waals surface area contributed by atoms with Crippen molar-refractivity contribution in [2.75, 3.05) is 61.1 Å². The number of benzene rings is 1. The highest BCUT2D eigenvalue weighted by Crippen LogP contribution is 2.40. The van der Waals surface area contributed by atoms with Crippen LogP contribution in [0.25, 0.3) is 0 Å². The number of ether oxygens (including phenoxy) is 3. The Morgan fingerprint density at radius 3 is 2.32 bits per heavy atom. The standard InChI is InChI=1S/C17H27N3O4.ClH/c1-19(12-15(21)20-9-7-18-8-10-20)11-13-5-6-14(22-2)17(24-4)16(13)23-3;/h5-6,18H,7-12H2,1-4H3;1H. The zero-order valence-electron chi connectivity index (χ0n) is 15.3. The van der Waals surface area contributed by atoms with Crippen LogP contribution in [0.3, 0.4) is 0 Å². The zero-order valence-corrected chi connectivity index (χ0v) is 16.1. The van der Waals surface area contributed by atoms with Gasteiger partial charge in [-0.3, -0.25) is 9.69 Å². The number of hydrogen-bond donors (Lipinski definition) is 1. The second-order valence-corrected chi connectivity index (χ2v) is 5.80. The second kappa shape index (κ2) is 10.3. The molecule has 0 aromatic heterocycles. The lowest BCUT2D eigenvalue weighted by atomic mass is 10.1. The predicted octanol–water partition coefficient (Wildman–Crippen LogP) is 0.998. The molecule has 1 heterocycles. The first kappa shape index (κ1) is 21.3. The van der Waals surface area contributed by atoms with Gasteiger partial charge in [0, 0.05) is 38.3 Å². The Bertz CT molecular complexity index is 565. The van der Waals surface area contributed by atoms with Crippen LogP contribution < -0.4 is 19.5 Å². The van der Waals surface area contributed by atoms with Crippen molar-refractivity contribution in [1.29, 1.82) is 0 Å². The van der Waals surface area contributed by atoms with E-state index < -0.39 is 0 Å². The smallest absolute Gasteiger partial charge is 0.236 e. The van der Waals surface area contributed by atoms with Gasteiger partial charge in [-0.1, -0.05) is 6.07 Å². The maximum atomic E-state index is 12.4. The maximum Gasteiger partial charge on any atom is 0.236 e. The SMILES string of the molecule is COc1ccc(CN(C)CC(=O)N2CCNCC2)c(OC)c1OC.Cl. The molecule has 25 heavy (non-hydrogen) atoms. The number of methoxy groups -OCH3 is 3. The molecule has 1 aromatic carbocycles. The number of hydrogen-bond acceptors (Lipinski definition) is 6. The molecule has 0 aliphatic carbocycles. The summed E-state index contributed by atoms with van der Waals surface area (Å²) in [4.78, 5) is 16.2. The van der Waals surface area contributed by atoms with Crippen molar-refractivity contribution in [3.63, 3.8) is 0 Å². The molecule has 8 heteroatoms. The van der Waals surface area contributed by atoms with Crippen molar-refractivity contribution in [2.24, 2.45) is 0 Å². The van der Waals surface area contributed by atoms with E-state index in [9.17, 15) is 4.79 Å². The summed E-state index contributed by atoms with van der Waals surface area (Å²) >= 11 is 0. The number of piperazine rings is 1. The van der Waals surface area contributed by atoms with E-state index in [1.54, 1.807) is 21.3 Å². The summed E-state index contributed by atoms with van der Waals surface area (Å²) in [5.41, 5.74) is 0.950. The Labute approximate surface area is 155 Å². The Morgan fingerprint density at radius 2 is 1.76 bits per heavy atom. The Hall–Kier alpha value is -1.70. The second-order valence-electron chi connectivity index (χ2n) is 5.80. The first-order chi connectivity index (χ1) is 11.6. The minimum atomic E-state index is 0. The highest BCUT2D eigenvalue weighted by molar-refractivity contribution is 5.85. The molecular formula is C17H28ClN3O4. The molecule has 1 aliphatic heterocycles. The first-order valence-corrected chi connectivity index (χ1v) is 8.05. The fourth-order valence-electron chi connectivity index (χ4n) is 2.88. The highest BCUT2D eigenvalue weighted by Gasteiger charge is 2.20. The average molecular weight is 374 g/mol. The lowest BCUT2D eigenvalue weighted by molar-refractivity contribution is -0.132. The summed E-state index contributed by atoms with van der Waals surface area (Å²) in [6.45, 7) is 4.22. The van der Waals surface area contributed by atoms with Crippen LogP contribution in [0.4, 0.5) is 0 Å². The van der Waals surface area contributed by atoms with Gasteiger partial charge in [0.1, 0.15) is 0 Å². The topological polar surface area (TPSA) is 63.3 Å². The molecule has 0 bridgehead atoms. The monoisotopic (exact) mass is 373 g/mol. The molecule has 0 atom stereocenters. The van der Waals surface area contributed by atoms with Gasteiger partial charge in [-0.15, -0.1) is 12.4 Å². The van der Waals surface area contributed by atoms with Gasteiger partial charge in [0.25, 0.3) is 0 Å². The summed E-state index contributed by atoms with van der Waals surface area (Å²) in [6.07, 6.45) is 0. The number of rotatable bonds is 7. The van der Waals surface area contributed by atoms with Crippen LogP contribution >= 0.6 is 12.4 Å². The summed E-state index contributed by atoms with van der Waals surface area (Å²) < 4.78 is 16.2. The number of amides is 1. The van der Waals surface area contributed by atoms with Gasteiger partial charge in [0.05, 0.1) is 27.9 Å².